The second kappa shape index (κ2) is 12.1. The molecule has 0 unspecified atom stereocenters. The molecule has 0 atom stereocenters. The van der Waals surface area contributed by atoms with Crippen molar-refractivity contribution in [2.45, 2.75) is 19.3 Å². The third kappa shape index (κ3) is 7.49. The lowest BCUT2D eigenvalue weighted by molar-refractivity contribution is 0.736. The van der Waals surface area contributed by atoms with Crippen LogP contribution in [0.2, 0.25) is 5.02 Å². The van der Waals surface area contributed by atoms with Crippen molar-refractivity contribution >= 4 is 41.5 Å². The van der Waals surface area contributed by atoms with E-state index in [-0.39, 0.29) is 24.0 Å². The van der Waals surface area contributed by atoms with Crippen LogP contribution in [-0.2, 0) is 12.8 Å². The van der Waals surface area contributed by atoms with Gasteiger partial charge in [0.15, 0.2) is 5.96 Å². The minimum Gasteiger partial charge on any atom is -0.356 e. The summed E-state index contributed by atoms with van der Waals surface area (Å²) in [6.07, 6.45) is 4.65. The Hall–Kier alpha value is -1.34. The van der Waals surface area contributed by atoms with E-state index in [9.17, 15) is 0 Å². The van der Waals surface area contributed by atoms with Gasteiger partial charge in [0.1, 0.15) is 0 Å². The highest BCUT2D eigenvalue weighted by Gasteiger charge is 2.00. The molecule has 130 valence electrons. The topological polar surface area (TPSA) is 49.3 Å². The van der Waals surface area contributed by atoms with Crippen molar-refractivity contribution in [3.63, 3.8) is 0 Å². The SMILES string of the molecule is CN=C(NCCCc1ccccc1Cl)NCCc1ccccn1.I. The molecular formula is C18H24ClIN4. The summed E-state index contributed by atoms with van der Waals surface area (Å²) in [7, 11) is 1.78. The lowest BCUT2D eigenvalue weighted by Crippen LogP contribution is -2.38. The highest BCUT2D eigenvalue weighted by Crippen LogP contribution is 2.16. The van der Waals surface area contributed by atoms with E-state index in [1.54, 1.807) is 7.05 Å². The monoisotopic (exact) mass is 458 g/mol. The van der Waals surface area contributed by atoms with E-state index in [4.69, 9.17) is 11.6 Å². The van der Waals surface area contributed by atoms with E-state index in [2.05, 4.69) is 26.7 Å². The fraction of sp³-hybridized carbons (Fsp3) is 0.333. The Balaban J connectivity index is 0.00000288. The van der Waals surface area contributed by atoms with Crippen LogP contribution in [0.1, 0.15) is 17.7 Å². The Bertz CT molecular complexity index is 619. The van der Waals surface area contributed by atoms with Crippen LogP contribution in [0.4, 0.5) is 0 Å². The lowest BCUT2D eigenvalue weighted by Gasteiger charge is -2.12. The second-order valence-corrected chi connectivity index (χ2v) is 5.60. The van der Waals surface area contributed by atoms with E-state index in [0.717, 1.165) is 49.0 Å². The van der Waals surface area contributed by atoms with E-state index < -0.39 is 0 Å². The molecule has 2 rings (SSSR count). The minimum absolute atomic E-state index is 0. The zero-order valence-corrected chi connectivity index (χ0v) is 16.9. The predicted octanol–water partition coefficient (Wildman–Crippen LogP) is 3.69. The van der Waals surface area contributed by atoms with Crippen LogP contribution >= 0.6 is 35.6 Å². The summed E-state index contributed by atoms with van der Waals surface area (Å²) in [5.74, 6) is 0.820. The Morgan fingerprint density at radius 3 is 2.50 bits per heavy atom. The van der Waals surface area contributed by atoms with E-state index in [1.165, 1.54) is 5.56 Å². The van der Waals surface area contributed by atoms with Crippen molar-refractivity contribution in [3.8, 4) is 0 Å². The molecule has 2 aromatic rings. The first-order chi connectivity index (χ1) is 11.3. The van der Waals surface area contributed by atoms with Gasteiger partial charge in [-0.3, -0.25) is 9.98 Å². The Kier molecular flexibility index (Phi) is 10.4. The number of aromatic nitrogens is 1. The van der Waals surface area contributed by atoms with Gasteiger partial charge in [-0.2, -0.15) is 0 Å². The predicted molar refractivity (Wildman–Crippen MR) is 112 cm³/mol. The fourth-order valence-corrected chi connectivity index (χ4v) is 2.49. The first-order valence-corrected chi connectivity index (χ1v) is 8.25. The molecule has 0 spiro atoms. The molecule has 24 heavy (non-hydrogen) atoms. The zero-order chi connectivity index (χ0) is 16.3. The van der Waals surface area contributed by atoms with Gasteiger partial charge in [0.2, 0.25) is 0 Å². The van der Waals surface area contributed by atoms with E-state index >= 15 is 0 Å². The number of nitrogens with one attached hydrogen (secondary N) is 2. The molecule has 1 heterocycles. The molecule has 4 nitrogen and oxygen atoms in total. The number of nitrogens with zero attached hydrogens (tertiary/aromatic N) is 2. The summed E-state index contributed by atoms with van der Waals surface area (Å²) in [6, 6.07) is 13.9. The number of halogens is 2. The molecule has 1 aromatic heterocycles. The summed E-state index contributed by atoms with van der Waals surface area (Å²) in [4.78, 5) is 8.54. The van der Waals surface area contributed by atoms with Gasteiger partial charge in [0.25, 0.3) is 0 Å². The number of rotatable bonds is 7. The number of guanidine groups is 1. The summed E-state index contributed by atoms with van der Waals surface area (Å²) in [5.41, 5.74) is 2.27. The van der Waals surface area contributed by atoms with Gasteiger partial charge in [0, 0.05) is 43.5 Å². The van der Waals surface area contributed by atoms with Crippen molar-refractivity contribution in [3.05, 3.63) is 64.9 Å². The molecule has 0 fully saturated rings. The average molecular weight is 459 g/mol. The van der Waals surface area contributed by atoms with Crippen LogP contribution < -0.4 is 10.6 Å². The second-order valence-electron chi connectivity index (χ2n) is 5.19. The summed E-state index contributed by atoms with van der Waals surface area (Å²) in [5, 5.41) is 7.46. The number of aryl methyl sites for hydroxylation is 1. The maximum atomic E-state index is 6.16. The Morgan fingerprint density at radius 2 is 1.79 bits per heavy atom. The quantitative estimate of drug-likeness (QED) is 0.288. The molecule has 0 aliphatic rings. The van der Waals surface area contributed by atoms with E-state index in [1.807, 2.05) is 42.6 Å². The summed E-state index contributed by atoms with van der Waals surface area (Å²) >= 11 is 6.16. The van der Waals surface area contributed by atoms with Crippen LogP contribution in [-0.4, -0.2) is 31.1 Å². The average Bonchev–Trinajstić information content (AvgIpc) is 2.59. The molecule has 0 saturated carbocycles. The fourth-order valence-electron chi connectivity index (χ4n) is 2.26. The highest BCUT2D eigenvalue weighted by molar-refractivity contribution is 14.0. The normalized spacial score (nSPS) is 10.8. The van der Waals surface area contributed by atoms with Gasteiger partial charge < -0.3 is 10.6 Å². The summed E-state index contributed by atoms with van der Waals surface area (Å²) < 4.78 is 0. The lowest BCUT2D eigenvalue weighted by atomic mass is 10.1. The minimum atomic E-state index is 0. The first kappa shape index (κ1) is 20.7. The number of aliphatic imine (C=N–C) groups is 1. The van der Waals surface area contributed by atoms with Crippen LogP contribution in [0.3, 0.4) is 0 Å². The standard InChI is InChI=1S/C18H23ClN4.HI/c1-20-18(23-14-11-16-9-4-5-12-21-16)22-13-6-8-15-7-2-3-10-17(15)19;/h2-5,7,9-10,12H,6,8,11,13-14H2,1H3,(H2,20,22,23);1H. The molecule has 0 aliphatic heterocycles. The third-order valence-electron chi connectivity index (χ3n) is 3.50. The van der Waals surface area contributed by atoms with Gasteiger partial charge in [-0.05, 0) is 36.6 Å². The summed E-state index contributed by atoms with van der Waals surface area (Å²) in [6.45, 7) is 1.66. The third-order valence-corrected chi connectivity index (χ3v) is 3.87. The molecule has 2 N–H and O–H groups in total. The largest absolute Gasteiger partial charge is 0.356 e. The zero-order valence-electron chi connectivity index (χ0n) is 13.8. The van der Waals surface area contributed by atoms with Gasteiger partial charge in [-0.1, -0.05) is 35.9 Å². The number of pyridine rings is 1. The molecule has 6 heteroatoms. The van der Waals surface area contributed by atoms with Gasteiger partial charge in [-0.25, -0.2) is 0 Å². The van der Waals surface area contributed by atoms with Crippen molar-refractivity contribution in [2.24, 2.45) is 4.99 Å². The van der Waals surface area contributed by atoms with Gasteiger partial charge in [0.05, 0.1) is 0 Å². The first-order valence-electron chi connectivity index (χ1n) is 7.87. The molecule has 0 amide bonds. The molecule has 0 radical (unpaired) electrons. The van der Waals surface area contributed by atoms with Crippen LogP contribution in [0.5, 0.6) is 0 Å². The van der Waals surface area contributed by atoms with Crippen molar-refractivity contribution in [1.82, 2.24) is 15.6 Å². The molecular weight excluding hydrogens is 435 g/mol. The van der Waals surface area contributed by atoms with Gasteiger partial charge in [-0.15, -0.1) is 24.0 Å². The Morgan fingerprint density at radius 1 is 1.04 bits per heavy atom. The smallest absolute Gasteiger partial charge is 0.190 e. The number of hydrogen-bond acceptors (Lipinski definition) is 2. The van der Waals surface area contributed by atoms with Crippen molar-refractivity contribution in [1.29, 1.82) is 0 Å². The molecule has 0 saturated heterocycles. The van der Waals surface area contributed by atoms with Crippen LogP contribution in [0, 0.1) is 0 Å². The van der Waals surface area contributed by atoms with E-state index in [0.29, 0.717) is 0 Å². The maximum absolute atomic E-state index is 6.16. The number of hydrogen-bond donors (Lipinski definition) is 2. The molecule has 1 aromatic carbocycles. The van der Waals surface area contributed by atoms with Crippen molar-refractivity contribution < 1.29 is 0 Å². The Labute approximate surface area is 166 Å². The highest BCUT2D eigenvalue weighted by atomic mass is 127. The maximum Gasteiger partial charge on any atom is 0.190 e. The molecule has 0 bridgehead atoms. The molecule has 0 aliphatic carbocycles. The van der Waals surface area contributed by atoms with Crippen LogP contribution in [0.15, 0.2) is 53.7 Å². The van der Waals surface area contributed by atoms with Crippen molar-refractivity contribution in [2.75, 3.05) is 20.1 Å². The number of benzene rings is 1. The van der Waals surface area contributed by atoms with Gasteiger partial charge >= 0.3 is 0 Å². The van der Waals surface area contributed by atoms with Crippen LogP contribution in [0.25, 0.3) is 0 Å².